The van der Waals surface area contributed by atoms with Gasteiger partial charge in [0.05, 0.1) is 12.2 Å². The Balaban J connectivity index is 2.44. The summed E-state index contributed by atoms with van der Waals surface area (Å²) in [6.07, 6.45) is 1.21. The zero-order chi connectivity index (χ0) is 11.4. The van der Waals surface area contributed by atoms with E-state index >= 15 is 0 Å². The van der Waals surface area contributed by atoms with Crippen LogP contribution >= 0.6 is 0 Å². The van der Waals surface area contributed by atoms with Crippen molar-refractivity contribution in [3.05, 3.63) is 17.5 Å². The second kappa shape index (κ2) is 5.31. The molecule has 1 aromatic rings. The van der Waals surface area contributed by atoms with Gasteiger partial charge >= 0.3 is 0 Å². The minimum absolute atomic E-state index is 0.579. The molecule has 1 heterocycles. The highest BCUT2D eigenvalue weighted by atomic mass is 16.5. The predicted molar refractivity (Wildman–Crippen MR) is 61.6 cm³/mol. The highest BCUT2D eigenvalue weighted by molar-refractivity contribution is 5.02. The van der Waals surface area contributed by atoms with Crippen molar-refractivity contribution in [1.82, 2.24) is 10.1 Å². The smallest absolute Gasteiger partial charge is 0.150 e. The first kappa shape index (κ1) is 12.2. The molecule has 0 amide bonds. The fraction of sp³-hybridized carbons (Fsp3) is 0.750. The Morgan fingerprint density at radius 3 is 2.53 bits per heavy atom. The molecule has 0 aliphatic heterocycles. The summed E-state index contributed by atoms with van der Waals surface area (Å²) in [5.74, 6) is 1.68. The van der Waals surface area contributed by atoms with Gasteiger partial charge in [-0.2, -0.15) is 0 Å². The first-order chi connectivity index (χ1) is 6.99. The molecule has 1 atom stereocenters. The normalized spacial score (nSPS) is 13.8. The van der Waals surface area contributed by atoms with Crippen LogP contribution < -0.4 is 0 Å². The molecular formula is C12H22N2O. The summed E-state index contributed by atoms with van der Waals surface area (Å²) < 4.78 is 5.20. The Kier molecular flexibility index (Phi) is 4.33. The van der Waals surface area contributed by atoms with Gasteiger partial charge in [0.25, 0.3) is 0 Å². The monoisotopic (exact) mass is 210 g/mol. The van der Waals surface area contributed by atoms with E-state index in [1.807, 2.05) is 13.0 Å². The van der Waals surface area contributed by atoms with Gasteiger partial charge in [0.2, 0.25) is 0 Å². The van der Waals surface area contributed by atoms with Crippen molar-refractivity contribution in [1.29, 1.82) is 0 Å². The van der Waals surface area contributed by atoms with Crippen LogP contribution in [0.3, 0.4) is 0 Å². The maximum absolute atomic E-state index is 5.20. The van der Waals surface area contributed by atoms with Crippen molar-refractivity contribution in [3.8, 4) is 0 Å². The van der Waals surface area contributed by atoms with E-state index in [4.69, 9.17) is 4.52 Å². The van der Waals surface area contributed by atoms with Crippen LogP contribution in [0.2, 0.25) is 0 Å². The highest BCUT2D eigenvalue weighted by Crippen LogP contribution is 2.13. The summed E-state index contributed by atoms with van der Waals surface area (Å²) in [7, 11) is 2.13. The molecule has 0 spiro atoms. The van der Waals surface area contributed by atoms with Crippen molar-refractivity contribution >= 4 is 0 Å². The first-order valence-electron chi connectivity index (χ1n) is 5.61. The molecule has 0 fully saturated rings. The summed E-state index contributed by atoms with van der Waals surface area (Å²) in [6, 6.07) is 2.58. The molecular weight excluding hydrogens is 188 g/mol. The number of hydrogen-bond acceptors (Lipinski definition) is 3. The van der Waals surface area contributed by atoms with Crippen LogP contribution in [0.25, 0.3) is 0 Å². The molecule has 0 bridgehead atoms. The molecule has 1 aromatic heterocycles. The fourth-order valence-electron chi connectivity index (χ4n) is 1.75. The number of aryl methyl sites for hydroxylation is 1. The van der Waals surface area contributed by atoms with Crippen molar-refractivity contribution in [2.75, 3.05) is 7.05 Å². The van der Waals surface area contributed by atoms with E-state index in [1.54, 1.807) is 0 Å². The summed E-state index contributed by atoms with van der Waals surface area (Å²) in [4.78, 5) is 2.31. The van der Waals surface area contributed by atoms with Crippen molar-refractivity contribution < 1.29 is 4.52 Å². The third-order valence-corrected chi connectivity index (χ3v) is 2.65. The Morgan fingerprint density at radius 2 is 2.07 bits per heavy atom. The zero-order valence-electron chi connectivity index (χ0n) is 10.4. The van der Waals surface area contributed by atoms with Crippen LogP contribution in [0.4, 0.5) is 0 Å². The van der Waals surface area contributed by atoms with Crippen LogP contribution in [0.5, 0.6) is 0 Å². The standard InChI is InChI=1S/C12H22N2O/c1-9(2)6-11(4)14(5)8-12-7-10(3)13-15-12/h7,9,11H,6,8H2,1-5H3/t11-/m1/s1. The van der Waals surface area contributed by atoms with E-state index in [-0.39, 0.29) is 0 Å². The van der Waals surface area contributed by atoms with E-state index in [1.165, 1.54) is 6.42 Å². The summed E-state index contributed by atoms with van der Waals surface area (Å²) in [6.45, 7) is 9.55. The predicted octanol–water partition coefficient (Wildman–Crippen LogP) is 2.85. The van der Waals surface area contributed by atoms with Crippen LogP contribution in [0.1, 0.15) is 38.6 Å². The van der Waals surface area contributed by atoms with E-state index in [0.29, 0.717) is 6.04 Å². The highest BCUT2D eigenvalue weighted by Gasteiger charge is 2.13. The lowest BCUT2D eigenvalue weighted by Crippen LogP contribution is -2.29. The minimum Gasteiger partial charge on any atom is -0.360 e. The van der Waals surface area contributed by atoms with Gasteiger partial charge in [-0.15, -0.1) is 0 Å². The van der Waals surface area contributed by atoms with E-state index in [2.05, 4.69) is 37.9 Å². The summed E-state index contributed by atoms with van der Waals surface area (Å²) in [5, 5.41) is 3.89. The fourth-order valence-corrected chi connectivity index (χ4v) is 1.75. The average Bonchev–Trinajstić information content (AvgIpc) is 2.50. The number of rotatable bonds is 5. The van der Waals surface area contributed by atoms with Gasteiger partial charge in [-0.3, -0.25) is 4.90 Å². The average molecular weight is 210 g/mol. The van der Waals surface area contributed by atoms with Crippen molar-refractivity contribution in [2.24, 2.45) is 5.92 Å². The molecule has 0 aromatic carbocycles. The number of hydrogen-bond donors (Lipinski definition) is 0. The SMILES string of the molecule is Cc1cc(CN(C)[C@H](C)CC(C)C)on1. The topological polar surface area (TPSA) is 29.3 Å². The third kappa shape index (κ3) is 4.04. The molecule has 1 rings (SSSR count). The van der Waals surface area contributed by atoms with E-state index < -0.39 is 0 Å². The lowest BCUT2D eigenvalue weighted by Gasteiger charge is -2.24. The molecule has 0 N–H and O–H groups in total. The maximum Gasteiger partial charge on any atom is 0.150 e. The molecule has 0 unspecified atom stereocenters. The maximum atomic E-state index is 5.20. The van der Waals surface area contributed by atoms with Gasteiger partial charge in [-0.25, -0.2) is 0 Å². The lowest BCUT2D eigenvalue weighted by atomic mass is 10.0. The van der Waals surface area contributed by atoms with Gasteiger partial charge in [-0.05, 0) is 33.2 Å². The van der Waals surface area contributed by atoms with Gasteiger partial charge in [0.15, 0.2) is 5.76 Å². The molecule has 0 aliphatic carbocycles. The van der Waals surface area contributed by atoms with Gasteiger partial charge in [0.1, 0.15) is 0 Å². The Labute approximate surface area is 92.4 Å². The van der Waals surface area contributed by atoms with Crippen molar-refractivity contribution in [2.45, 2.75) is 46.7 Å². The van der Waals surface area contributed by atoms with E-state index in [0.717, 1.165) is 23.9 Å². The number of nitrogens with zero attached hydrogens (tertiary/aromatic N) is 2. The second-order valence-electron chi connectivity index (χ2n) is 4.83. The van der Waals surface area contributed by atoms with Crippen LogP contribution in [-0.4, -0.2) is 23.1 Å². The molecule has 0 radical (unpaired) electrons. The quantitative estimate of drug-likeness (QED) is 0.748. The van der Waals surface area contributed by atoms with Gasteiger partial charge < -0.3 is 4.52 Å². The Bertz CT molecular complexity index is 294. The van der Waals surface area contributed by atoms with Crippen LogP contribution in [-0.2, 0) is 6.54 Å². The van der Waals surface area contributed by atoms with E-state index in [9.17, 15) is 0 Å². The lowest BCUT2D eigenvalue weighted by molar-refractivity contribution is 0.197. The first-order valence-corrected chi connectivity index (χ1v) is 5.61. The Hall–Kier alpha value is -0.830. The molecule has 3 heteroatoms. The third-order valence-electron chi connectivity index (χ3n) is 2.65. The second-order valence-corrected chi connectivity index (χ2v) is 4.83. The molecule has 3 nitrogen and oxygen atoms in total. The number of aromatic nitrogens is 1. The van der Waals surface area contributed by atoms with Crippen molar-refractivity contribution in [3.63, 3.8) is 0 Å². The molecule has 0 aliphatic rings. The molecule has 0 saturated heterocycles. The molecule has 0 saturated carbocycles. The van der Waals surface area contributed by atoms with Gasteiger partial charge in [-0.1, -0.05) is 19.0 Å². The van der Waals surface area contributed by atoms with Crippen LogP contribution in [0.15, 0.2) is 10.6 Å². The largest absolute Gasteiger partial charge is 0.360 e. The van der Waals surface area contributed by atoms with Crippen LogP contribution in [0, 0.1) is 12.8 Å². The summed E-state index contributed by atoms with van der Waals surface area (Å²) >= 11 is 0. The minimum atomic E-state index is 0.579. The zero-order valence-corrected chi connectivity index (χ0v) is 10.4. The molecule has 15 heavy (non-hydrogen) atoms. The Morgan fingerprint density at radius 1 is 1.40 bits per heavy atom. The van der Waals surface area contributed by atoms with Gasteiger partial charge in [0, 0.05) is 12.1 Å². The summed E-state index contributed by atoms with van der Waals surface area (Å²) in [5.41, 5.74) is 0.954. The molecule has 86 valence electrons.